The number of likely N-dealkylation sites (tertiary alicyclic amines) is 1. The molecule has 0 aromatic carbocycles. The summed E-state index contributed by atoms with van der Waals surface area (Å²) in [7, 11) is 0. The van der Waals surface area contributed by atoms with Gasteiger partial charge in [0.2, 0.25) is 5.91 Å². The Bertz CT molecular complexity index is 360. The maximum absolute atomic E-state index is 12.2. The van der Waals surface area contributed by atoms with Gasteiger partial charge in [0.15, 0.2) is 0 Å². The molecule has 1 amide bonds. The van der Waals surface area contributed by atoms with E-state index in [1.165, 1.54) is 12.8 Å². The Hall–Kier alpha value is -0.610. The summed E-state index contributed by atoms with van der Waals surface area (Å²) in [5.74, 6) is 0.638. The minimum absolute atomic E-state index is 0.139. The first-order valence-corrected chi connectivity index (χ1v) is 8.52. The van der Waals surface area contributed by atoms with E-state index < -0.39 is 0 Å². The monoisotopic (exact) mass is 296 g/mol. The number of amides is 1. The molecule has 0 aromatic heterocycles. The lowest BCUT2D eigenvalue weighted by Crippen LogP contribution is -2.53. The van der Waals surface area contributed by atoms with Gasteiger partial charge in [0.25, 0.3) is 0 Å². The highest BCUT2D eigenvalue weighted by Crippen LogP contribution is 2.33. The third-order valence-corrected chi connectivity index (χ3v) is 4.72. The van der Waals surface area contributed by atoms with Crippen LogP contribution in [0.3, 0.4) is 0 Å². The minimum Gasteiger partial charge on any atom is -0.393 e. The van der Waals surface area contributed by atoms with Crippen LogP contribution in [0.5, 0.6) is 0 Å². The number of nitrogens with zero attached hydrogens (tertiary/aromatic N) is 1. The van der Waals surface area contributed by atoms with Crippen molar-refractivity contribution in [3.8, 4) is 0 Å². The van der Waals surface area contributed by atoms with Crippen molar-refractivity contribution < 1.29 is 9.90 Å². The highest BCUT2D eigenvalue weighted by Gasteiger charge is 2.37. The average molecular weight is 296 g/mol. The molecule has 1 saturated heterocycles. The van der Waals surface area contributed by atoms with Crippen molar-refractivity contribution in [1.82, 2.24) is 10.2 Å². The van der Waals surface area contributed by atoms with Crippen molar-refractivity contribution in [2.45, 2.75) is 78.0 Å². The maximum atomic E-state index is 12.2. The lowest BCUT2D eigenvalue weighted by Gasteiger charge is -2.39. The lowest BCUT2D eigenvalue weighted by atomic mass is 9.87. The number of hydrogen-bond donors (Lipinski definition) is 2. The van der Waals surface area contributed by atoms with Crippen LogP contribution in [0, 0.1) is 11.3 Å². The number of hydrogen-bond acceptors (Lipinski definition) is 3. The van der Waals surface area contributed by atoms with E-state index in [2.05, 4.69) is 10.2 Å². The van der Waals surface area contributed by atoms with Crippen molar-refractivity contribution in [3.05, 3.63) is 0 Å². The molecular formula is C17H32N2O2. The zero-order valence-corrected chi connectivity index (χ0v) is 14.1. The van der Waals surface area contributed by atoms with E-state index >= 15 is 0 Å². The van der Waals surface area contributed by atoms with Crippen LogP contribution in [0.1, 0.15) is 59.8 Å². The Morgan fingerprint density at radius 3 is 2.52 bits per heavy atom. The second-order valence-corrected chi connectivity index (χ2v) is 8.00. The summed E-state index contributed by atoms with van der Waals surface area (Å²) in [5.41, 5.74) is -0.333. The molecule has 2 N–H and O–H groups in total. The molecule has 2 fully saturated rings. The lowest BCUT2D eigenvalue weighted by molar-refractivity contribution is -0.129. The largest absolute Gasteiger partial charge is 0.393 e. The van der Waals surface area contributed by atoms with Crippen LogP contribution in [0.15, 0.2) is 0 Å². The van der Waals surface area contributed by atoms with Crippen molar-refractivity contribution in [2.75, 3.05) is 13.1 Å². The number of aliphatic hydroxyl groups excluding tert-OH is 1. The van der Waals surface area contributed by atoms with Crippen LogP contribution >= 0.6 is 0 Å². The molecule has 0 aromatic rings. The molecule has 1 saturated carbocycles. The van der Waals surface area contributed by atoms with E-state index in [-0.39, 0.29) is 23.5 Å². The van der Waals surface area contributed by atoms with Crippen LogP contribution in [0.25, 0.3) is 0 Å². The van der Waals surface area contributed by atoms with E-state index in [1.54, 1.807) is 0 Å². The van der Waals surface area contributed by atoms with Gasteiger partial charge in [-0.1, -0.05) is 27.7 Å². The predicted octanol–water partition coefficient (Wildman–Crippen LogP) is 2.16. The molecule has 3 atom stereocenters. The zero-order valence-electron chi connectivity index (χ0n) is 14.1. The molecule has 0 bridgehead atoms. The molecule has 2 rings (SSSR count). The Kier molecular flexibility index (Phi) is 5.31. The highest BCUT2D eigenvalue weighted by molar-refractivity contribution is 5.81. The fraction of sp³-hybridized carbons (Fsp3) is 0.941. The van der Waals surface area contributed by atoms with Gasteiger partial charge in [0, 0.05) is 30.6 Å². The van der Waals surface area contributed by atoms with Crippen molar-refractivity contribution in [1.29, 1.82) is 0 Å². The van der Waals surface area contributed by atoms with Gasteiger partial charge >= 0.3 is 0 Å². The molecule has 1 aliphatic carbocycles. The van der Waals surface area contributed by atoms with Crippen molar-refractivity contribution in [2.24, 2.45) is 11.3 Å². The van der Waals surface area contributed by atoms with Gasteiger partial charge in [0.05, 0.1) is 6.10 Å². The summed E-state index contributed by atoms with van der Waals surface area (Å²) in [5, 5.41) is 13.2. The second-order valence-electron chi connectivity index (χ2n) is 8.00. The molecule has 0 radical (unpaired) electrons. The number of rotatable bonds is 5. The van der Waals surface area contributed by atoms with E-state index in [9.17, 15) is 9.90 Å². The van der Waals surface area contributed by atoms with Gasteiger partial charge in [-0.3, -0.25) is 9.69 Å². The molecule has 122 valence electrons. The molecule has 2 aliphatic rings. The van der Waals surface area contributed by atoms with Crippen molar-refractivity contribution in [3.63, 3.8) is 0 Å². The maximum Gasteiger partial charge on any atom is 0.225 e. The van der Waals surface area contributed by atoms with Gasteiger partial charge in [-0.05, 0) is 38.0 Å². The predicted molar refractivity (Wildman–Crippen MR) is 85.0 cm³/mol. The summed E-state index contributed by atoms with van der Waals surface area (Å²) >= 11 is 0. The average Bonchev–Trinajstić information content (AvgIpc) is 3.21. The number of nitrogens with one attached hydrogen (secondary N) is 1. The van der Waals surface area contributed by atoms with Crippen molar-refractivity contribution >= 4 is 5.91 Å². The molecule has 4 heteroatoms. The number of carbonyl (C=O) groups excluding carboxylic acids is 1. The molecule has 1 heterocycles. The Labute approximate surface area is 129 Å². The van der Waals surface area contributed by atoms with Gasteiger partial charge in [-0.25, -0.2) is 0 Å². The van der Waals surface area contributed by atoms with Crippen LogP contribution in [-0.4, -0.2) is 47.2 Å². The molecule has 4 nitrogen and oxygen atoms in total. The SMILES string of the molecule is CCC(O)CC1CC(NC(=O)C(C)(C)C)CN(C2CC2)C1. The molecule has 21 heavy (non-hydrogen) atoms. The molecule has 1 aliphatic heterocycles. The van der Waals surface area contributed by atoms with Crippen LogP contribution in [0.4, 0.5) is 0 Å². The van der Waals surface area contributed by atoms with E-state index in [1.807, 2.05) is 27.7 Å². The van der Waals surface area contributed by atoms with Gasteiger partial charge in [-0.2, -0.15) is 0 Å². The van der Waals surface area contributed by atoms with E-state index in [0.717, 1.165) is 38.4 Å². The number of piperidine rings is 1. The topological polar surface area (TPSA) is 52.6 Å². The molecular weight excluding hydrogens is 264 g/mol. The minimum atomic E-state index is -0.333. The third-order valence-electron chi connectivity index (χ3n) is 4.72. The normalized spacial score (nSPS) is 29.2. The summed E-state index contributed by atoms with van der Waals surface area (Å²) in [6.07, 6.45) is 5.07. The fourth-order valence-electron chi connectivity index (χ4n) is 3.21. The summed E-state index contributed by atoms with van der Waals surface area (Å²) in [6.45, 7) is 9.98. The first-order chi connectivity index (χ1) is 9.79. The first kappa shape index (κ1) is 16.8. The summed E-state index contributed by atoms with van der Waals surface area (Å²) < 4.78 is 0. The number of carbonyl (C=O) groups is 1. The van der Waals surface area contributed by atoms with E-state index in [0.29, 0.717) is 5.92 Å². The summed E-state index contributed by atoms with van der Waals surface area (Å²) in [6, 6.07) is 0.959. The summed E-state index contributed by atoms with van der Waals surface area (Å²) in [4.78, 5) is 14.8. The zero-order chi connectivity index (χ0) is 15.6. The first-order valence-electron chi connectivity index (χ1n) is 8.52. The van der Waals surface area contributed by atoms with E-state index in [4.69, 9.17) is 0 Å². The van der Waals surface area contributed by atoms with Gasteiger partial charge in [-0.15, -0.1) is 0 Å². The molecule has 0 spiro atoms. The van der Waals surface area contributed by atoms with Gasteiger partial charge in [0.1, 0.15) is 0 Å². The standard InChI is InChI=1S/C17H32N2O2/c1-5-15(20)9-12-8-13(18-16(21)17(2,3)4)11-19(10-12)14-6-7-14/h12-15,20H,5-11H2,1-4H3,(H,18,21). The Balaban J connectivity index is 1.94. The number of aliphatic hydroxyl groups is 1. The quantitative estimate of drug-likeness (QED) is 0.817. The third kappa shape index (κ3) is 4.96. The Morgan fingerprint density at radius 2 is 2.00 bits per heavy atom. The second kappa shape index (κ2) is 6.66. The Morgan fingerprint density at radius 1 is 1.33 bits per heavy atom. The van der Waals surface area contributed by atoms with Crippen LogP contribution in [-0.2, 0) is 4.79 Å². The highest BCUT2D eigenvalue weighted by atomic mass is 16.3. The van der Waals surface area contributed by atoms with Gasteiger partial charge < -0.3 is 10.4 Å². The smallest absolute Gasteiger partial charge is 0.225 e. The fourth-order valence-corrected chi connectivity index (χ4v) is 3.21. The van der Waals surface area contributed by atoms with Crippen LogP contribution < -0.4 is 5.32 Å². The van der Waals surface area contributed by atoms with Crippen LogP contribution in [0.2, 0.25) is 0 Å². The molecule has 3 unspecified atom stereocenters.